The highest BCUT2D eigenvalue weighted by Crippen LogP contribution is 2.19. The molecule has 6 heteroatoms. The van der Waals surface area contributed by atoms with Crippen molar-refractivity contribution in [2.24, 2.45) is 11.7 Å². The van der Waals surface area contributed by atoms with E-state index in [9.17, 15) is 13.2 Å². The maximum atomic E-state index is 12.1. The van der Waals surface area contributed by atoms with Gasteiger partial charge in [0.2, 0.25) is 5.91 Å². The zero-order chi connectivity index (χ0) is 13.1. The summed E-state index contributed by atoms with van der Waals surface area (Å²) in [4.78, 5) is 13.7. The van der Waals surface area contributed by atoms with Crippen molar-refractivity contribution in [3.8, 4) is 0 Å². The van der Waals surface area contributed by atoms with E-state index < -0.39 is 9.84 Å². The average Bonchev–Trinajstić information content (AvgIpc) is 2.64. The fraction of sp³-hybridized carbons (Fsp3) is 0.727. The number of amides is 1. The molecule has 0 spiro atoms. The standard InChI is InChI=1S/C11H20N2O3S/c1-3-5-13(11(14)9(2)7-12)10-4-6-17(15,16)8-10/h3,9-10H,1,4-8,12H2,2H3. The van der Waals surface area contributed by atoms with E-state index in [1.807, 2.05) is 0 Å². The highest BCUT2D eigenvalue weighted by Gasteiger charge is 2.35. The lowest BCUT2D eigenvalue weighted by atomic mass is 10.1. The minimum atomic E-state index is -2.98. The molecule has 1 amide bonds. The van der Waals surface area contributed by atoms with Gasteiger partial charge in [-0.1, -0.05) is 13.0 Å². The Morgan fingerprint density at radius 1 is 1.65 bits per heavy atom. The molecule has 2 N–H and O–H groups in total. The van der Waals surface area contributed by atoms with Crippen LogP contribution in [0.5, 0.6) is 0 Å². The molecule has 0 radical (unpaired) electrons. The molecule has 98 valence electrons. The first kappa shape index (κ1) is 14.2. The second-order valence-corrected chi connectivity index (χ2v) is 6.70. The topological polar surface area (TPSA) is 80.5 Å². The molecule has 17 heavy (non-hydrogen) atoms. The van der Waals surface area contributed by atoms with Gasteiger partial charge in [-0.05, 0) is 6.42 Å². The van der Waals surface area contributed by atoms with Gasteiger partial charge in [-0.25, -0.2) is 8.42 Å². The predicted octanol–water partition coefficient (Wildman–Crippen LogP) is -0.217. The van der Waals surface area contributed by atoms with Crippen LogP contribution in [0.1, 0.15) is 13.3 Å². The van der Waals surface area contributed by atoms with Gasteiger partial charge >= 0.3 is 0 Å². The Morgan fingerprint density at radius 2 is 2.29 bits per heavy atom. The third-order valence-electron chi connectivity index (χ3n) is 3.03. The molecule has 2 unspecified atom stereocenters. The largest absolute Gasteiger partial charge is 0.335 e. The number of nitrogens with zero attached hydrogens (tertiary/aromatic N) is 1. The SMILES string of the molecule is C=CCN(C(=O)C(C)CN)C1CCS(=O)(=O)C1. The van der Waals surface area contributed by atoms with Crippen LogP contribution in [-0.4, -0.2) is 49.9 Å². The van der Waals surface area contributed by atoms with Crippen LogP contribution in [0.4, 0.5) is 0 Å². The smallest absolute Gasteiger partial charge is 0.227 e. The summed E-state index contributed by atoms with van der Waals surface area (Å²) in [6, 6.07) is -0.223. The van der Waals surface area contributed by atoms with Gasteiger partial charge in [0.25, 0.3) is 0 Å². The minimum absolute atomic E-state index is 0.0594. The van der Waals surface area contributed by atoms with Gasteiger partial charge in [0.15, 0.2) is 9.84 Å². The van der Waals surface area contributed by atoms with Gasteiger partial charge in [0.05, 0.1) is 11.5 Å². The van der Waals surface area contributed by atoms with Gasteiger partial charge in [0.1, 0.15) is 0 Å². The van der Waals surface area contributed by atoms with Crippen molar-refractivity contribution in [3.63, 3.8) is 0 Å². The monoisotopic (exact) mass is 260 g/mol. The summed E-state index contributed by atoms with van der Waals surface area (Å²) in [5.41, 5.74) is 5.47. The van der Waals surface area contributed by atoms with Crippen molar-refractivity contribution < 1.29 is 13.2 Å². The molecule has 0 aromatic heterocycles. The highest BCUT2D eigenvalue weighted by atomic mass is 32.2. The first-order valence-electron chi connectivity index (χ1n) is 5.73. The number of sulfone groups is 1. The molecule has 1 heterocycles. The van der Waals surface area contributed by atoms with E-state index in [0.717, 1.165) is 0 Å². The third-order valence-corrected chi connectivity index (χ3v) is 4.78. The summed E-state index contributed by atoms with van der Waals surface area (Å²) in [5, 5.41) is 0. The van der Waals surface area contributed by atoms with E-state index in [1.165, 1.54) is 0 Å². The Kier molecular flexibility index (Phi) is 4.70. The first-order valence-corrected chi connectivity index (χ1v) is 7.55. The van der Waals surface area contributed by atoms with E-state index in [4.69, 9.17) is 5.73 Å². The summed E-state index contributed by atoms with van der Waals surface area (Å²) in [5.74, 6) is -0.146. The molecule has 1 fully saturated rings. The highest BCUT2D eigenvalue weighted by molar-refractivity contribution is 7.91. The quantitative estimate of drug-likeness (QED) is 0.693. The van der Waals surface area contributed by atoms with Gasteiger partial charge in [0, 0.05) is 25.0 Å². The van der Waals surface area contributed by atoms with E-state index in [2.05, 4.69) is 6.58 Å². The van der Waals surface area contributed by atoms with Gasteiger partial charge < -0.3 is 10.6 Å². The van der Waals surface area contributed by atoms with Crippen LogP contribution < -0.4 is 5.73 Å². The van der Waals surface area contributed by atoms with E-state index in [0.29, 0.717) is 13.0 Å². The van der Waals surface area contributed by atoms with Gasteiger partial charge in [-0.2, -0.15) is 0 Å². The first-order chi connectivity index (χ1) is 7.91. The maximum Gasteiger partial charge on any atom is 0.227 e. The molecule has 0 saturated carbocycles. The molecular weight excluding hydrogens is 240 g/mol. The van der Waals surface area contributed by atoms with Crippen LogP contribution >= 0.6 is 0 Å². The Morgan fingerprint density at radius 3 is 2.71 bits per heavy atom. The zero-order valence-electron chi connectivity index (χ0n) is 10.1. The zero-order valence-corrected chi connectivity index (χ0v) is 10.9. The lowest BCUT2D eigenvalue weighted by Gasteiger charge is -2.29. The van der Waals surface area contributed by atoms with Crippen molar-refractivity contribution in [3.05, 3.63) is 12.7 Å². The Bertz CT molecular complexity index is 392. The summed E-state index contributed by atoms with van der Waals surface area (Å²) in [6.45, 7) is 6.00. The fourth-order valence-corrected chi connectivity index (χ4v) is 3.69. The summed E-state index contributed by atoms with van der Waals surface area (Å²) in [6.07, 6.45) is 2.13. The molecule has 0 bridgehead atoms. The lowest BCUT2D eigenvalue weighted by Crippen LogP contribution is -2.45. The number of hydrogen-bond donors (Lipinski definition) is 1. The summed E-state index contributed by atoms with van der Waals surface area (Å²) >= 11 is 0. The van der Waals surface area contributed by atoms with Crippen LogP contribution in [0.25, 0.3) is 0 Å². The molecule has 2 atom stereocenters. The molecule has 1 saturated heterocycles. The number of carbonyl (C=O) groups is 1. The molecule has 1 aliphatic heterocycles. The second-order valence-electron chi connectivity index (χ2n) is 4.47. The summed E-state index contributed by atoms with van der Waals surface area (Å²) < 4.78 is 22.8. The number of carbonyl (C=O) groups excluding carboxylic acids is 1. The number of hydrogen-bond acceptors (Lipinski definition) is 4. The molecule has 5 nitrogen and oxygen atoms in total. The van der Waals surface area contributed by atoms with Crippen molar-refractivity contribution in [1.29, 1.82) is 0 Å². The lowest BCUT2D eigenvalue weighted by molar-refractivity contribution is -0.135. The number of nitrogens with two attached hydrogens (primary N) is 1. The predicted molar refractivity (Wildman–Crippen MR) is 67.2 cm³/mol. The molecule has 0 aliphatic carbocycles. The van der Waals surface area contributed by atoms with Crippen molar-refractivity contribution >= 4 is 15.7 Å². The van der Waals surface area contributed by atoms with Gasteiger partial charge in [-0.3, -0.25) is 4.79 Å². The molecule has 0 aromatic carbocycles. The third kappa shape index (κ3) is 3.54. The van der Waals surface area contributed by atoms with Gasteiger partial charge in [-0.15, -0.1) is 6.58 Å². The Hall–Kier alpha value is -0.880. The molecule has 0 aromatic rings. The molecular formula is C11H20N2O3S. The van der Waals surface area contributed by atoms with Crippen molar-refractivity contribution in [1.82, 2.24) is 4.90 Å². The van der Waals surface area contributed by atoms with E-state index in [-0.39, 0.29) is 35.9 Å². The summed E-state index contributed by atoms with van der Waals surface area (Å²) in [7, 11) is -2.98. The normalized spacial score (nSPS) is 24.2. The van der Waals surface area contributed by atoms with Crippen LogP contribution in [0.3, 0.4) is 0 Å². The molecule has 1 aliphatic rings. The fourth-order valence-electron chi connectivity index (χ4n) is 1.96. The van der Waals surface area contributed by atoms with Crippen LogP contribution in [0.2, 0.25) is 0 Å². The van der Waals surface area contributed by atoms with Crippen LogP contribution in [0.15, 0.2) is 12.7 Å². The second kappa shape index (κ2) is 5.64. The maximum absolute atomic E-state index is 12.1. The Labute approximate surface area is 103 Å². The average molecular weight is 260 g/mol. The Balaban J connectivity index is 2.79. The number of rotatable bonds is 5. The van der Waals surface area contributed by atoms with Crippen molar-refractivity contribution in [2.75, 3.05) is 24.6 Å². The minimum Gasteiger partial charge on any atom is -0.335 e. The van der Waals surface area contributed by atoms with Crippen LogP contribution in [0, 0.1) is 5.92 Å². The van der Waals surface area contributed by atoms with Crippen LogP contribution in [-0.2, 0) is 14.6 Å². The molecule has 1 rings (SSSR count). The van der Waals surface area contributed by atoms with E-state index >= 15 is 0 Å². The van der Waals surface area contributed by atoms with E-state index in [1.54, 1.807) is 17.9 Å². The van der Waals surface area contributed by atoms with Crippen molar-refractivity contribution in [2.45, 2.75) is 19.4 Å².